The Bertz CT molecular complexity index is 767. The molecule has 1 aromatic heterocycles. The van der Waals surface area contributed by atoms with Crippen molar-refractivity contribution >= 4 is 29.7 Å². The first kappa shape index (κ1) is 17.8. The zero-order valence-electron chi connectivity index (χ0n) is 13.6. The molecule has 0 aliphatic rings. The standard InChI is InChI=1S/C15H19N5O3S/c1-7(2)8-5-12(24-22-3)9(14(17)21)4-10(8)23-11-6-19-15(18)20-13(11)16/h4-7H,1-3H3,(H2,17,21)(H4,16,18,19,20). The second-order valence-corrected chi connectivity index (χ2v) is 6.17. The van der Waals surface area contributed by atoms with Gasteiger partial charge in [-0.25, -0.2) is 4.98 Å². The van der Waals surface area contributed by atoms with E-state index in [-0.39, 0.29) is 29.0 Å². The van der Waals surface area contributed by atoms with Crippen molar-refractivity contribution in [3.8, 4) is 11.5 Å². The van der Waals surface area contributed by atoms with Gasteiger partial charge < -0.3 is 26.1 Å². The molecule has 0 atom stereocenters. The number of hydrogen-bond donors (Lipinski definition) is 3. The summed E-state index contributed by atoms with van der Waals surface area (Å²) in [6.07, 6.45) is 1.38. The van der Waals surface area contributed by atoms with Crippen LogP contribution in [0.25, 0.3) is 0 Å². The van der Waals surface area contributed by atoms with Crippen LogP contribution in [0.15, 0.2) is 23.2 Å². The molecule has 0 aliphatic heterocycles. The third-order valence-corrected chi connectivity index (χ3v) is 3.88. The number of aromatic nitrogens is 2. The molecule has 0 bridgehead atoms. The fourth-order valence-electron chi connectivity index (χ4n) is 2.06. The molecule has 1 amide bonds. The monoisotopic (exact) mass is 349 g/mol. The highest BCUT2D eigenvalue weighted by atomic mass is 32.2. The van der Waals surface area contributed by atoms with Crippen molar-refractivity contribution in [1.29, 1.82) is 0 Å². The molecule has 0 saturated carbocycles. The van der Waals surface area contributed by atoms with Gasteiger partial charge in [0.05, 0.1) is 18.9 Å². The third kappa shape index (κ3) is 3.87. The van der Waals surface area contributed by atoms with Gasteiger partial charge in [-0.2, -0.15) is 4.98 Å². The first-order valence-corrected chi connectivity index (χ1v) is 7.81. The van der Waals surface area contributed by atoms with E-state index in [9.17, 15) is 4.79 Å². The normalized spacial score (nSPS) is 10.8. The Labute approximate surface area is 143 Å². The van der Waals surface area contributed by atoms with E-state index in [1.54, 1.807) is 6.07 Å². The van der Waals surface area contributed by atoms with Crippen LogP contribution in [-0.2, 0) is 4.18 Å². The van der Waals surface area contributed by atoms with Crippen LogP contribution in [0.2, 0.25) is 0 Å². The van der Waals surface area contributed by atoms with Gasteiger partial charge in [0.25, 0.3) is 0 Å². The van der Waals surface area contributed by atoms with Crippen molar-refractivity contribution in [2.24, 2.45) is 5.73 Å². The Morgan fingerprint density at radius 3 is 2.50 bits per heavy atom. The molecule has 6 N–H and O–H groups in total. The van der Waals surface area contributed by atoms with E-state index in [4.69, 9.17) is 26.1 Å². The van der Waals surface area contributed by atoms with Gasteiger partial charge in [-0.1, -0.05) is 13.8 Å². The van der Waals surface area contributed by atoms with E-state index in [1.807, 2.05) is 19.9 Å². The van der Waals surface area contributed by atoms with Gasteiger partial charge in [0, 0.05) is 16.9 Å². The van der Waals surface area contributed by atoms with E-state index in [1.165, 1.54) is 13.3 Å². The average molecular weight is 349 g/mol. The predicted molar refractivity (Wildman–Crippen MR) is 92.8 cm³/mol. The fraction of sp³-hybridized carbons (Fsp3) is 0.267. The molecule has 1 heterocycles. The van der Waals surface area contributed by atoms with Gasteiger partial charge in [0.1, 0.15) is 5.75 Å². The minimum Gasteiger partial charge on any atom is -0.452 e. The smallest absolute Gasteiger partial charge is 0.250 e. The lowest BCUT2D eigenvalue weighted by Gasteiger charge is -2.17. The minimum absolute atomic E-state index is 0.0496. The van der Waals surface area contributed by atoms with Crippen LogP contribution in [0.4, 0.5) is 11.8 Å². The number of amides is 1. The molecule has 128 valence electrons. The van der Waals surface area contributed by atoms with Gasteiger partial charge in [-0.05, 0) is 23.6 Å². The summed E-state index contributed by atoms with van der Waals surface area (Å²) in [6, 6.07) is 3.37. The largest absolute Gasteiger partial charge is 0.452 e. The zero-order valence-corrected chi connectivity index (χ0v) is 14.4. The van der Waals surface area contributed by atoms with E-state index in [0.29, 0.717) is 10.6 Å². The summed E-state index contributed by atoms with van der Waals surface area (Å²) in [5.41, 5.74) is 17.9. The number of nitrogens with zero attached hydrogens (tertiary/aromatic N) is 2. The molecule has 9 heteroatoms. The highest BCUT2D eigenvalue weighted by Crippen LogP contribution is 2.37. The van der Waals surface area contributed by atoms with Crippen molar-refractivity contribution in [2.45, 2.75) is 24.7 Å². The first-order valence-electron chi connectivity index (χ1n) is 7.07. The number of anilines is 2. The number of benzene rings is 1. The van der Waals surface area contributed by atoms with Crippen molar-refractivity contribution in [3.63, 3.8) is 0 Å². The number of primary amides is 1. The average Bonchev–Trinajstić information content (AvgIpc) is 2.50. The Kier molecular flexibility index (Phi) is 5.47. The summed E-state index contributed by atoms with van der Waals surface area (Å²) in [5.74, 6) is 0.375. The van der Waals surface area contributed by atoms with Gasteiger partial charge in [-0.15, -0.1) is 0 Å². The van der Waals surface area contributed by atoms with Crippen molar-refractivity contribution in [2.75, 3.05) is 18.6 Å². The van der Waals surface area contributed by atoms with Crippen LogP contribution in [0.5, 0.6) is 11.5 Å². The summed E-state index contributed by atoms with van der Waals surface area (Å²) in [4.78, 5) is 20.1. The maximum Gasteiger partial charge on any atom is 0.250 e. The van der Waals surface area contributed by atoms with Gasteiger partial charge in [-0.3, -0.25) is 4.79 Å². The predicted octanol–water partition coefficient (Wildman–Crippen LogP) is 2.31. The number of nitrogen functional groups attached to an aromatic ring is 2. The quantitative estimate of drug-likeness (QED) is 0.675. The summed E-state index contributed by atoms with van der Waals surface area (Å²) in [6.45, 7) is 3.99. The summed E-state index contributed by atoms with van der Waals surface area (Å²) < 4.78 is 10.9. The van der Waals surface area contributed by atoms with Crippen molar-refractivity contribution in [3.05, 3.63) is 29.5 Å². The number of carbonyl (C=O) groups is 1. The lowest BCUT2D eigenvalue weighted by molar-refractivity contribution is 0.0997. The summed E-state index contributed by atoms with van der Waals surface area (Å²) in [7, 11) is 1.52. The molecule has 0 aliphatic carbocycles. The zero-order chi connectivity index (χ0) is 17.9. The molecule has 0 fully saturated rings. The number of hydrogen-bond acceptors (Lipinski definition) is 8. The molecule has 0 radical (unpaired) electrons. The maximum absolute atomic E-state index is 11.7. The maximum atomic E-state index is 11.7. The topological polar surface area (TPSA) is 139 Å². The second-order valence-electron chi connectivity index (χ2n) is 5.23. The highest BCUT2D eigenvalue weighted by Gasteiger charge is 2.19. The molecular weight excluding hydrogens is 330 g/mol. The van der Waals surface area contributed by atoms with E-state index in [0.717, 1.165) is 17.6 Å². The fourth-order valence-corrected chi connectivity index (χ4v) is 2.67. The van der Waals surface area contributed by atoms with E-state index < -0.39 is 5.91 Å². The summed E-state index contributed by atoms with van der Waals surface area (Å²) >= 11 is 1.06. The van der Waals surface area contributed by atoms with Crippen LogP contribution >= 0.6 is 12.0 Å². The van der Waals surface area contributed by atoms with Crippen LogP contribution in [-0.4, -0.2) is 23.0 Å². The van der Waals surface area contributed by atoms with E-state index >= 15 is 0 Å². The molecule has 1 aromatic carbocycles. The van der Waals surface area contributed by atoms with Crippen molar-refractivity contribution in [1.82, 2.24) is 9.97 Å². The van der Waals surface area contributed by atoms with Gasteiger partial charge in [0.2, 0.25) is 11.9 Å². The molecule has 24 heavy (non-hydrogen) atoms. The highest BCUT2D eigenvalue weighted by molar-refractivity contribution is 7.94. The van der Waals surface area contributed by atoms with Gasteiger partial charge >= 0.3 is 0 Å². The molecule has 0 spiro atoms. The van der Waals surface area contributed by atoms with Crippen LogP contribution < -0.4 is 21.9 Å². The number of carbonyl (C=O) groups excluding carboxylic acids is 1. The molecule has 0 saturated heterocycles. The molecular formula is C15H19N5O3S. The van der Waals surface area contributed by atoms with Crippen LogP contribution in [0.1, 0.15) is 35.7 Å². The Balaban J connectivity index is 2.54. The molecule has 2 rings (SSSR count). The Morgan fingerprint density at radius 2 is 1.96 bits per heavy atom. The van der Waals surface area contributed by atoms with Crippen molar-refractivity contribution < 1.29 is 13.7 Å². The lowest BCUT2D eigenvalue weighted by Crippen LogP contribution is -2.13. The van der Waals surface area contributed by atoms with Gasteiger partial charge in [0.15, 0.2) is 11.6 Å². The lowest BCUT2D eigenvalue weighted by atomic mass is 10.00. The number of ether oxygens (including phenoxy) is 1. The Morgan fingerprint density at radius 1 is 1.25 bits per heavy atom. The number of rotatable bonds is 6. The molecule has 2 aromatic rings. The SMILES string of the molecule is COSc1cc(C(C)C)c(Oc2cnc(N)nc2N)cc1C(N)=O. The minimum atomic E-state index is -0.587. The second kappa shape index (κ2) is 7.37. The van der Waals surface area contributed by atoms with Crippen LogP contribution in [0, 0.1) is 0 Å². The Hall–Kier alpha value is -2.52. The first-order chi connectivity index (χ1) is 11.3. The van der Waals surface area contributed by atoms with Crippen LogP contribution in [0.3, 0.4) is 0 Å². The molecule has 8 nitrogen and oxygen atoms in total. The third-order valence-electron chi connectivity index (χ3n) is 3.19. The summed E-state index contributed by atoms with van der Waals surface area (Å²) in [5, 5.41) is 0. The number of nitrogens with two attached hydrogens (primary N) is 3. The van der Waals surface area contributed by atoms with E-state index in [2.05, 4.69) is 9.97 Å². The molecule has 0 unspecified atom stereocenters.